The fourth-order valence-corrected chi connectivity index (χ4v) is 5.20. The second-order valence-electron chi connectivity index (χ2n) is 7.68. The van der Waals surface area contributed by atoms with Gasteiger partial charge in [-0.15, -0.1) is 0 Å². The van der Waals surface area contributed by atoms with Crippen molar-refractivity contribution in [2.75, 3.05) is 12.4 Å². The molecular weight excluding hydrogens is 470 g/mol. The van der Waals surface area contributed by atoms with Crippen molar-refractivity contribution < 1.29 is 47.1 Å². The van der Waals surface area contributed by atoms with E-state index in [1.54, 1.807) is 19.1 Å². The Kier molecular flexibility index (Phi) is 7.82. The number of fused-ring (bicyclic) bond motifs is 1. The molecular formula is C22H25NO10S. The van der Waals surface area contributed by atoms with E-state index in [9.17, 15) is 28.2 Å². The highest BCUT2D eigenvalue weighted by molar-refractivity contribution is 7.85. The minimum Gasteiger partial charge on any atom is -0.463 e. The standard InChI is InChI=1S/C22H25NO10S/c1-5-34(29)22-17(23-20(27)14-8-6-7-9-15(14)21(23)28)19(32-13(4)26)18(31-12(3)25)16(33-22)10-30-11(2)24/h6-9,16-19,22H,5,10H2,1-4H3/t16-,17-,18-,19-,22+,34?/m1/s1. The summed E-state index contributed by atoms with van der Waals surface area (Å²) in [7, 11) is -1.77. The highest BCUT2D eigenvalue weighted by Crippen LogP contribution is 2.36. The van der Waals surface area contributed by atoms with Crippen LogP contribution in [-0.4, -0.2) is 81.0 Å². The van der Waals surface area contributed by atoms with Gasteiger partial charge in [0.15, 0.2) is 17.6 Å². The third kappa shape index (κ3) is 5.02. The van der Waals surface area contributed by atoms with Crippen LogP contribution in [0, 0.1) is 0 Å². The van der Waals surface area contributed by atoms with Crippen LogP contribution in [0.3, 0.4) is 0 Å². The van der Waals surface area contributed by atoms with E-state index in [1.807, 2.05) is 0 Å². The van der Waals surface area contributed by atoms with Crippen molar-refractivity contribution in [2.24, 2.45) is 0 Å². The number of amides is 2. The SMILES string of the molecule is CCS(=O)[C@@H]1O[C@H](COC(C)=O)[C@@H](OC(C)=O)[C@H](OC(C)=O)[C@H]1N1C(=O)c2ccccc2C1=O. The third-order valence-electron chi connectivity index (χ3n) is 5.34. The van der Waals surface area contributed by atoms with Gasteiger partial charge >= 0.3 is 17.9 Å². The van der Waals surface area contributed by atoms with Crippen molar-refractivity contribution in [1.82, 2.24) is 4.90 Å². The van der Waals surface area contributed by atoms with E-state index in [0.717, 1.165) is 25.7 Å². The molecule has 2 amide bonds. The Hall–Kier alpha value is -3.12. The van der Waals surface area contributed by atoms with Crippen LogP contribution in [0.5, 0.6) is 0 Å². The first kappa shape index (κ1) is 25.5. The zero-order chi connectivity index (χ0) is 25.2. The van der Waals surface area contributed by atoms with E-state index in [2.05, 4.69) is 0 Å². The van der Waals surface area contributed by atoms with Crippen molar-refractivity contribution in [2.45, 2.75) is 57.5 Å². The summed E-state index contributed by atoms with van der Waals surface area (Å²) in [6, 6.07) is 4.74. The number of imide groups is 1. The second-order valence-corrected chi connectivity index (χ2v) is 9.48. The first-order valence-electron chi connectivity index (χ1n) is 10.5. The van der Waals surface area contributed by atoms with E-state index >= 15 is 0 Å². The molecule has 0 saturated carbocycles. The average Bonchev–Trinajstić information content (AvgIpc) is 3.02. The van der Waals surface area contributed by atoms with E-state index in [1.165, 1.54) is 12.1 Å². The van der Waals surface area contributed by atoms with E-state index in [-0.39, 0.29) is 16.9 Å². The summed E-state index contributed by atoms with van der Waals surface area (Å²) in [6.45, 7) is 4.58. The molecule has 1 saturated heterocycles. The predicted molar refractivity (Wildman–Crippen MR) is 116 cm³/mol. The van der Waals surface area contributed by atoms with Crippen LogP contribution in [0.1, 0.15) is 48.4 Å². The Bertz CT molecular complexity index is 1010. The molecule has 2 aliphatic heterocycles. The van der Waals surface area contributed by atoms with Gasteiger partial charge in [0, 0.05) is 26.5 Å². The molecule has 0 aliphatic carbocycles. The molecule has 0 bridgehead atoms. The number of esters is 3. The third-order valence-corrected chi connectivity index (χ3v) is 6.81. The van der Waals surface area contributed by atoms with Gasteiger partial charge in [-0.2, -0.15) is 0 Å². The van der Waals surface area contributed by atoms with Crippen LogP contribution in [0.4, 0.5) is 0 Å². The van der Waals surface area contributed by atoms with Gasteiger partial charge < -0.3 is 18.9 Å². The van der Waals surface area contributed by atoms with Gasteiger partial charge in [-0.05, 0) is 12.1 Å². The van der Waals surface area contributed by atoms with Crippen LogP contribution in [0.2, 0.25) is 0 Å². The van der Waals surface area contributed by atoms with Crippen LogP contribution in [-0.2, 0) is 44.1 Å². The van der Waals surface area contributed by atoms with Gasteiger partial charge in [-0.25, -0.2) is 0 Å². The van der Waals surface area contributed by atoms with Gasteiger partial charge in [-0.1, -0.05) is 19.1 Å². The van der Waals surface area contributed by atoms with Gasteiger partial charge in [0.05, 0.1) is 21.9 Å². The quantitative estimate of drug-likeness (QED) is 0.299. The number of ether oxygens (including phenoxy) is 4. The molecule has 184 valence electrons. The Morgan fingerprint density at radius 2 is 1.47 bits per heavy atom. The minimum atomic E-state index is -1.77. The van der Waals surface area contributed by atoms with E-state index in [0.29, 0.717) is 0 Å². The first-order chi connectivity index (χ1) is 16.1. The van der Waals surface area contributed by atoms with Crippen LogP contribution >= 0.6 is 0 Å². The summed E-state index contributed by atoms with van der Waals surface area (Å²) in [4.78, 5) is 62.7. The van der Waals surface area contributed by atoms with Gasteiger partial charge in [0.2, 0.25) is 0 Å². The smallest absolute Gasteiger partial charge is 0.303 e. The number of hydrogen-bond donors (Lipinski definition) is 0. The zero-order valence-electron chi connectivity index (χ0n) is 19.0. The molecule has 1 aromatic carbocycles. The highest BCUT2D eigenvalue weighted by Gasteiger charge is 2.58. The lowest BCUT2D eigenvalue weighted by Crippen LogP contribution is -2.68. The summed E-state index contributed by atoms with van der Waals surface area (Å²) in [5.74, 6) is -3.51. The number of hydrogen-bond acceptors (Lipinski definition) is 10. The fraction of sp³-hybridized carbons (Fsp3) is 0.500. The molecule has 0 spiro atoms. The number of carbonyl (C=O) groups is 5. The van der Waals surface area contributed by atoms with Crippen molar-refractivity contribution >= 4 is 40.5 Å². The van der Waals surface area contributed by atoms with Gasteiger partial charge in [0.1, 0.15) is 18.8 Å². The Morgan fingerprint density at radius 3 is 1.94 bits per heavy atom. The number of nitrogens with zero attached hydrogens (tertiary/aromatic N) is 1. The molecule has 11 nitrogen and oxygen atoms in total. The van der Waals surface area contributed by atoms with E-state index < -0.39 is 76.9 Å². The lowest BCUT2D eigenvalue weighted by molar-refractivity contribution is -0.217. The first-order valence-corrected chi connectivity index (χ1v) is 11.9. The van der Waals surface area contributed by atoms with Crippen molar-refractivity contribution in [3.8, 4) is 0 Å². The molecule has 0 N–H and O–H groups in total. The maximum Gasteiger partial charge on any atom is 0.303 e. The van der Waals surface area contributed by atoms with Crippen LogP contribution < -0.4 is 0 Å². The molecule has 3 rings (SSSR count). The van der Waals surface area contributed by atoms with Crippen molar-refractivity contribution in [3.63, 3.8) is 0 Å². The maximum atomic E-state index is 13.3. The second kappa shape index (κ2) is 10.4. The van der Waals surface area contributed by atoms with Crippen LogP contribution in [0.25, 0.3) is 0 Å². The lowest BCUT2D eigenvalue weighted by atomic mass is 9.96. The Morgan fingerprint density at radius 1 is 0.941 bits per heavy atom. The monoisotopic (exact) mass is 495 g/mol. The maximum absolute atomic E-state index is 13.3. The fourth-order valence-electron chi connectivity index (χ4n) is 4.02. The highest BCUT2D eigenvalue weighted by atomic mass is 32.2. The molecule has 2 aliphatic rings. The largest absolute Gasteiger partial charge is 0.463 e. The molecule has 6 atom stereocenters. The Labute approximate surface area is 198 Å². The van der Waals surface area contributed by atoms with Crippen molar-refractivity contribution in [3.05, 3.63) is 35.4 Å². The topological polar surface area (TPSA) is 143 Å². The number of carbonyl (C=O) groups excluding carboxylic acids is 5. The van der Waals surface area contributed by atoms with Crippen molar-refractivity contribution in [1.29, 1.82) is 0 Å². The lowest BCUT2D eigenvalue weighted by Gasteiger charge is -2.47. The average molecular weight is 496 g/mol. The Balaban J connectivity index is 2.13. The number of benzene rings is 1. The minimum absolute atomic E-state index is 0.0790. The molecule has 1 aromatic rings. The van der Waals surface area contributed by atoms with Gasteiger partial charge in [-0.3, -0.25) is 33.1 Å². The zero-order valence-corrected chi connectivity index (χ0v) is 19.9. The summed E-state index contributed by atoms with van der Waals surface area (Å²) in [6.07, 6.45) is -3.97. The number of rotatable bonds is 7. The molecule has 1 unspecified atom stereocenters. The predicted octanol–water partition coefficient (Wildman–Crippen LogP) is 0.571. The summed E-state index contributed by atoms with van der Waals surface area (Å²) in [5, 5.41) is 0. The summed E-state index contributed by atoms with van der Waals surface area (Å²) >= 11 is 0. The van der Waals surface area contributed by atoms with Crippen LogP contribution in [0.15, 0.2) is 24.3 Å². The molecule has 2 heterocycles. The molecule has 0 aromatic heterocycles. The molecule has 34 heavy (non-hydrogen) atoms. The summed E-state index contributed by atoms with van der Waals surface area (Å²) < 4.78 is 34.8. The normalized spacial score (nSPS) is 27.1. The molecule has 1 fully saturated rings. The van der Waals surface area contributed by atoms with Gasteiger partial charge in [0.25, 0.3) is 11.8 Å². The summed E-state index contributed by atoms with van der Waals surface area (Å²) in [5.41, 5.74) is -1.06. The molecule has 12 heteroatoms. The van der Waals surface area contributed by atoms with E-state index in [4.69, 9.17) is 18.9 Å². The molecule has 0 radical (unpaired) electrons.